The molecular formula is C48H30N4S4. The first kappa shape index (κ1) is 32.6. The standard InChI is InChI=1S/C48H30N4S4/c1-5-19-35-31(15-1)49-45-27(12-9-23-39(45)53-35)30-26-42-48(52-34-18-4-8-22-38(34)56-42)44(29-14-11-25-41-47(29)51-33-17-3-7-21-37(33)55-41)43(30)28-13-10-24-40-46(28)50-32-16-2-6-20-36(32)54-40/h1-26,49-52H. The summed E-state index contributed by atoms with van der Waals surface area (Å²) in [7, 11) is 0. The third-order valence-corrected chi connectivity index (χ3v) is 15.2. The third-order valence-electron chi connectivity index (χ3n) is 10.7. The van der Waals surface area contributed by atoms with Gasteiger partial charge in [-0.1, -0.05) is 132 Å². The lowest BCUT2D eigenvalue weighted by Gasteiger charge is -2.32. The third kappa shape index (κ3) is 5.20. The predicted molar refractivity (Wildman–Crippen MR) is 238 cm³/mol. The van der Waals surface area contributed by atoms with Gasteiger partial charge in [-0.05, 0) is 78.4 Å². The zero-order valence-electron chi connectivity index (χ0n) is 29.6. The average molecular weight is 791 g/mol. The minimum atomic E-state index is 1.12. The van der Waals surface area contributed by atoms with E-state index in [0.29, 0.717) is 0 Å². The molecule has 0 spiro atoms. The van der Waals surface area contributed by atoms with E-state index in [4.69, 9.17) is 0 Å². The van der Waals surface area contributed by atoms with Gasteiger partial charge in [0.25, 0.3) is 0 Å². The number of hydrogen-bond donors (Lipinski definition) is 4. The summed E-state index contributed by atoms with van der Waals surface area (Å²) >= 11 is 7.33. The van der Waals surface area contributed by atoms with Crippen LogP contribution in [0.1, 0.15) is 0 Å². The van der Waals surface area contributed by atoms with Crippen molar-refractivity contribution in [3.8, 4) is 33.4 Å². The summed E-state index contributed by atoms with van der Waals surface area (Å²) in [6.45, 7) is 0. The Labute approximate surface area is 341 Å². The van der Waals surface area contributed by atoms with Gasteiger partial charge < -0.3 is 21.3 Å². The van der Waals surface area contributed by atoms with Gasteiger partial charge in [-0.3, -0.25) is 0 Å². The normalized spacial score (nSPS) is 13.6. The predicted octanol–water partition coefficient (Wildman–Crippen LogP) is 15.5. The van der Waals surface area contributed by atoms with E-state index in [1.54, 1.807) is 0 Å². The molecular weight excluding hydrogens is 761 g/mol. The first-order valence-corrected chi connectivity index (χ1v) is 21.8. The van der Waals surface area contributed by atoms with Crippen LogP contribution in [0.4, 0.5) is 45.5 Å². The van der Waals surface area contributed by atoms with Gasteiger partial charge in [0, 0.05) is 67.0 Å². The topological polar surface area (TPSA) is 48.1 Å². The molecule has 56 heavy (non-hydrogen) atoms. The lowest BCUT2D eigenvalue weighted by Crippen LogP contribution is -2.09. The molecule has 0 saturated heterocycles. The van der Waals surface area contributed by atoms with E-state index in [2.05, 4.69) is 179 Å². The van der Waals surface area contributed by atoms with Gasteiger partial charge in [0.1, 0.15) is 0 Å². The van der Waals surface area contributed by atoms with E-state index >= 15 is 0 Å². The van der Waals surface area contributed by atoms with E-state index in [-0.39, 0.29) is 0 Å². The second kappa shape index (κ2) is 13.0. The Kier molecular flexibility index (Phi) is 7.54. The van der Waals surface area contributed by atoms with Crippen LogP contribution in [0.25, 0.3) is 33.4 Å². The van der Waals surface area contributed by atoms with Crippen LogP contribution in [0, 0.1) is 0 Å². The monoisotopic (exact) mass is 790 g/mol. The fourth-order valence-electron chi connectivity index (χ4n) is 8.15. The minimum Gasteiger partial charge on any atom is -0.353 e. The highest BCUT2D eigenvalue weighted by molar-refractivity contribution is 8.00. The number of fused-ring (bicyclic) bond motifs is 8. The van der Waals surface area contributed by atoms with Gasteiger partial charge in [0.2, 0.25) is 0 Å². The number of anilines is 8. The van der Waals surface area contributed by atoms with E-state index in [0.717, 1.165) is 56.6 Å². The lowest BCUT2D eigenvalue weighted by atomic mass is 9.84. The Morgan fingerprint density at radius 1 is 0.250 bits per heavy atom. The molecule has 0 atom stereocenters. The number of para-hydroxylation sites is 7. The van der Waals surface area contributed by atoms with Crippen molar-refractivity contribution in [3.05, 3.63) is 158 Å². The van der Waals surface area contributed by atoms with Crippen LogP contribution in [0.3, 0.4) is 0 Å². The summed E-state index contributed by atoms with van der Waals surface area (Å²) in [6.07, 6.45) is 0. The molecule has 4 nitrogen and oxygen atoms in total. The lowest BCUT2D eigenvalue weighted by molar-refractivity contribution is 1.28. The SMILES string of the molecule is c1ccc2c(c1)Nc1c(cccc1-c1cc3c(c(-c4cccc5c4Nc4ccccc4S5)c1-c1cccc4c1Nc1ccccc1S4)Nc1ccccc1S3)S2. The molecule has 0 amide bonds. The Bertz CT molecular complexity index is 2960. The van der Waals surface area contributed by atoms with Crippen molar-refractivity contribution >= 4 is 92.5 Å². The fourth-order valence-corrected chi connectivity index (χ4v) is 12.3. The molecule has 4 N–H and O–H groups in total. The smallest absolute Gasteiger partial charge is 0.0613 e. The zero-order valence-corrected chi connectivity index (χ0v) is 32.9. The average Bonchev–Trinajstić information content (AvgIpc) is 3.25. The maximum atomic E-state index is 3.99. The summed E-state index contributed by atoms with van der Waals surface area (Å²) in [4.78, 5) is 9.73. The molecule has 0 aromatic heterocycles. The molecule has 8 aromatic rings. The molecule has 0 unspecified atom stereocenters. The highest BCUT2D eigenvalue weighted by atomic mass is 32.2. The summed E-state index contributed by atoms with van der Waals surface area (Å²) in [5, 5.41) is 15.7. The molecule has 0 fully saturated rings. The molecule has 4 heterocycles. The van der Waals surface area contributed by atoms with Crippen LogP contribution < -0.4 is 21.3 Å². The summed E-state index contributed by atoms with van der Waals surface area (Å²) in [6, 6.07) is 57.2. The maximum Gasteiger partial charge on any atom is 0.0613 e. The molecule has 4 aliphatic rings. The highest BCUT2D eigenvalue weighted by Gasteiger charge is 2.32. The van der Waals surface area contributed by atoms with Crippen molar-refractivity contribution in [3.63, 3.8) is 0 Å². The van der Waals surface area contributed by atoms with Gasteiger partial charge in [-0.2, -0.15) is 0 Å². The summed E-state index contributed by atoms with van der Waals surface area (Å²) < 4.78 is 0. The van der Waals surface area contributed by atoms with Crippen molar-refractivity contribution in [2.75, 3.05) is 21.3 Å². The van der Waals surface area contributed by atoms with Crippen LogP contribution in [-0.2, 0) is 0 Å². The van der Waals surface area contributed by atoms with Crippen LogP contribution >= 0.6 is 47.0 Å². The first-order valence-electron chi connectivity index (χ1n) is 18.5. The Morgan fingerprint density at radius 3 is 1.05 bits per heavy atom. The van der Waals surface area contributed by atoms with E-state index in [9.17, 15) is 0 Å². The largest absolute Gasteiger partial charge is 0.353 e. The molecule has 0 radical (unpaired) electrons. The number of nitrogens with one attached hydrogen (secondary N) is 4. The second-order valence-electron chi connectivity index (χ2n) is 14.0. The Balaban J connectivity index is 1.19. The van der Waals surface area contributed by atoms with E-state index < -0.39 is 0 Å². The maximum absolute atomic E-state index is 3.99. The minimum absolute atomic E-state index is 1.12. The van der Waals surface area contributed by atoms with Gasteiger partial charge in [0.05, 0.1) is 45.5 Å². The van der Waals surface area contributed by atoms with Crippen molar-refractivity contribution in [2.45, 2.75) is 39.2 Å². The number of rotatable bonds is 3. The highest BCUT2D eigenvalue weighted by Crippen LogP contribution is 2.61. The van der Waals surface area contributed by atoms with Crippen LogP contribution in [-0.4, -0.2) is 0 Å². The summed E-state index contributed by atoms with van der Waals surface area (Å²) in [5.74, 6) is 0. The van der Waals surface area contributed by atoms with Crippen molar-refractivity contribution in [1.82, 2.24) is 0 Å². The molecule has 8 heteroatoms. The Hall–Kier alpha value is -5.64. The number of benzene rings is 8. The fraction of sp³-hybridized carbons (Fsp3) is 0. The van der Waals surface area contributed by atoms with Gasteiger partial charge in [-0.25, -0.2) is 0 Å². The van der Waals surface area contributed by atoms with Crippen molar-refractivity contribution in [2.24, 2.45) is 0 Å². The zero-order chi connectivity index (χ0) is 36.7. The Morgan fingerprint density at radius 2 is 0.589 bits per heavy atom. The molecule has 4 aliphatic heterocycles. The quantitative estimate of drug-likeness (QED) is 0.141. The van der Waals surface area contributed by atoms with Crippen molar-refractivity contribution in [1.29, 1.82) is 0 Å². The van der Waals surface area contributed by atoms with Crippen LogP contribution in [0.5, 0.6) is 0 Å². The molecule has 8 aromatic carbocycles. The molecule has 0 bridgehead atoms. The molecule has 0 aliphatic carbocycles. The molecule has 0 saturated carbocycles. The number of hydrogen-bond acceptors (Lipinski definition) is 8. The van der Waals surface area contributed by atoms with E-state index in [1.165, 1.54) is 61.4 Å². The molecule has 12 rings (SSSR count). The first-order chi connectivity index (χ1) is 27.7. The second-order valence-corrected chi connectivity index (χ2v) is 18.3. The van der Waals surface area contributed by atoms with Crippen molar-refractivity contribution < 1.29 is 0 Å². The summed E-state index contributed by atoms with van der Waals surface area (Å²) in [5.41, 5.74) is 16.0. The molecule has 266 valence electrons. The van der Waals surface area contributed by atoms with Crippen LogP contribution in [0.2, 0.25) is 0 Å². The van der Waals surface area contributed by atoms with Crippen LogP contribution in [0.15, 0.2) is 197 Å². The van der Waals surface area contributed by atoms with Gasteiger partial charge in [0.15, 0.2) is 0 Å². The van der Waals surface area contributed by atoms with Gasteiger partial charge >= 0.3 is 0 Å². The van der Waals surface area contributed by atoms with Gasteiger partial charge in [-0.15, -0.1) is 0 Å². The van der Waals surface area contributed by atoms with E-state index in [1.807, 2.05) is 47.0 Å².